The van der Waals surface area contributed by atoms with Crippen LogP contribution in [0.5, 0.6) is 0 Å². The number of unbranched alkanes of at least 4 members (excludes halogenated alkanes) is 1. The highest BCUT2D eigenvalue weighted by atomic mass is 19.3. The van der Waals surface area contributed by atoms with Crippen molar-refractivity contribution in [2.45, 2.75) is 32.7 Å². The van der Waals surface area contributed by atoms with Gasteiger partial charge in [-0.05, 0) is 6.42 Å². The highest BCUT2D eigenvalue weighted by Gasteiger charge is 2.22. The number of aromatic nitrogens is 4. The molecule has 2 aromatic rings. The Balaban J connectivity index is 3.02. The van der Waals surface area contributed by atoms with Crippen molar-refractivity contribution in [3.63, 3.8) is 0 Å². The molecule has 0 spiro atoms. The summed E-state index contributed by atoms with van der Waals surface area (Å²) in [6.45, 7) is 2.04. The Hall–Kier alpha value is -2.32. The Morgan fingerprint density at radius 1 is 1.29 bits per heavy atom. The molecule has 2 rings (SSSR count). The molecule has 0 saturated carbocycles. The molecule has 0 radical (unpaired) electrons. The van der Waals surface area contributed by atoms with E-state index in [1.54, 1.807) is 0 Å². The molecular weight excluding hydrogens is 286 g/mol. The number of aromatic amines is 1. The van der Waals surface area contributed by atoms with Crippen LogP contribution < -0.4 is 16.9 Å². The van der Waals surface area contributed by atoms with E-state index in [1.165, 1.54) is 7.05 Å². The number of aryl methyl sites for hydroxylation is 1. The first kappa shape index (κ1) is 15.1. The second kappa shape index (κ2) is 5.58. The molecule has 9 heteroatoms. The molecule has 0 aromatic carbocycles. The number of nitrogens with zero attached hydrogens (tertiary/aromatic N) is 3. The van der Waals surface area contributed by atoms with Gasteiger partial charge in [0.2, 0.25) is 0 Å². The van der Waals surface area contributed by atoms with Gasteiger partial charge in [0, 0.05) is 13.6 Å². The molecule has 0 fully saturated rings. The summed E-state index contributed by atoms with van der Waals surface area (Å²) in [5, 5.41) is 0. The summed E-state index contributed by atoms with van der Waals surface area (Å²) in [5.41, 5.74) is -4.06. The standard InChI is InChI=1S/C12H14F2N4O3/c1-3-4-5-18-8-6(9(13)14)15-11(20)16-7(8)10(19)17(2)12(18)21/h9H,3-5H2,1-2H3,(H,15,16,20). The minimum absolute atomic E-state index is 0.160. The lowest BCUT2D eigenvalue weighted by Crippen LogP contribution is -2.40. The van der Waals surface area contributed by atoms with E-state index in [9.17, 15) is 23.2 Å². The molecule has 7 nitrogen and oxygen atoms in total. The summed E-state index contributed by atoms with van der Waals surface area (Å²) >= 11 is 0. The zero-order valence-corrected chi connectivity index (χ0v) is 11.5. The number of hydrogen-bond acceptors (Lipinski definition) is 4. The second-order valence-corrected chi connectivity index (χ2v) is 4.60. The Morgan fingerprint density at radius 3 is 2.52 bits per heavy atom. The van der Waals surface area contributed by atoms with Crippen molar-refractivity contribution in [2.24, 2.45) is 7.05 Å². The fourth-order valence-electron chi connectivity index (χ4n) is 2.12. The lowest BCUT2D eigenvalue weighted by molar-refractivity contribution is 0.147. The smallest absolute Gasteiger partial charge is 0.299 e. The third kappa shape index (κ3) is 2.50. The van der Waals surface area contributed by atoms with Crippen molar-refractivity contribution in [2.75, 3.05) is 0 Å². The van der Waals surface area contributed by atoms with Crippen LogP contribution in [0.4, 0.5) is 8.78 Å². The lowest BCUT2D eigenvalue weighted by Gasteiger charge is -2.13. The van der Waals surface area contributed by atoms with Crippen molar-refractivity contribution < 1.29 is 8.78 Å². The van der Waals surface area contributed by atoms with Crippen molar-refractivity contribution in [3.05, 3.63) is 37.0 Å². The van der Waals surface area contributed by atoms with Gasteiger partial charge in [0.25, 0.3) is 12.0 Å². The number of alkyl halides is 2. The van der Waals surface area contributed by atoms with Gasteiger partial charge in [-0.2, -0.15) is 4.98 Å². The maximum Gasteiger partial charge on any atom is 0.346 e. The van der Waals surface area contributed by atoms with Crippen LogP contribution in [0.15, 0.2) is 14.4 Å². The zero-order valence-electron chi connectivity index (χ0n) is 11.5. The molecular formula is C12H14F2N4O3. The molecule has 114 valence electrons. The lowest BCUT2D eigenvalue weighted by atomic mass is 10.2. The van der Waals surface area contributed by atoms with Gasteiger partial charge in [-0.3, -0.25) is 18.9 Å². The maximum atomic E-state index is 13.1. The van der Waals surface area contributed by atoms with Crippen LogP contribution in [0, 0.1) is 0 Å². The van der Waals surface area contributed by atoms with Crippen LogP contribution in [0.3, 0.4) is 0 Å². The molecule has 0 amide bonds. The van der Waals surface area contributed by atoms with Crippen LogP contribution in [0.25, 0.3) is 11.0 Å². The van der Waals surface area contributed by atoms with Gasteiger partial charge in [0.05, 0.1) is 0 Å². The summed E-state index contributed by atoms with van der Waals surface area (Å²) in [7, 11) is 1.23. The zero-order chi connectivity index (χ0) is 15.7. The quantitative estimate of drug-likeness (QED) is 0.891. The minimum Gasteiger partial charge on any atom is -0.299 e. The molecule has 2 heterocycles. The molecule has 1 N–H and O–H groups in total. The van der Waals surface area contributed by atoms with Gasteiger partial charge in [-0.15, -0.1) is 0 Å². The Kier molecular flexibility index (Phi) is 4.01. The van der Waals surface area contributed by atoms with E-state index in [-0.39, 0.29) is 17.6 Å². The summed E-state index contributed by atoms with van der Waals surface area (Å²) in [5.74, 6) is 0. The number of H-pyrrole nitrogens is 1. The predicted octanol–water partition coefficient (Wildman–Crippen LogP) is 0.521. The first-order valence-electron chi connectivity index (χ1n) is 6.40. The van der Waals surface area contributed by atoms with E-state index in [1.807, 2.05) is 6.92 Å². The van der Waals surface area contributed by atoms with Gasteiger partial charge in [0.1, 0.15) is 16.7 Å². The van der Waals surface area contributed by atoms with Crippen molar-refractivity contribution in [1.29, 1.82) is 0 Å². The van der Waals surface area contributed by atoms with Crippen molar-refractivity contribution >= 4 is 11.0 Å². The van der Waals surface area contributed by atoms with Crippen LogP contribution in [0.2, 0.25) is 0 Å². The van der Waals surface area contributed by atoms with Gasteiger partial charge < -0.3 is 0 Å². The third-order valence-corrected chi connectivity index (χ3v) is 3.18. The number of fused-ring (bicyclic) bond motifs is 1. The van der Waals surface area contributed by atoms with E-state index < -0.39 is 29.1 Å². The fraction of sp³-hybridized carbons (Fsp3) is 0.500. The highest BCUT2D eigenvalue weighted by Crippen LogP contribution is 2.21. The SMILES string of the molecule is CCCCn1c(=O)n(C)c(=O)c2[nH]c(=O)nc(C(F)F)c21. The maximum absolute atomic E-state index is 13.1. The number of nitrogens with one attached hydrogen (secondary N) is 1. The molecule has 0 aliphatic rings. The highest BCUT2D eigenvalue weighted by molar-refractivity contribution is 5.75. The Morgan fingerprint density at radius 2 is 1.95 bits per heavy atom. The van der Waals surface area contributed by atoms with Crippen molar-refractivity contribution in [1.82, 2.24) is 19.1 Å². The Labute approximate surface area is 116 Å². The number of halogens is 2. The second-order valence-electron chi connectivity index (χ2n) is 4.60. The number of rotatable bonds is 4. The molecule has 0 aliphatic heterocycles. The average molecular weight is 300 g/mol. The first-order valence-corrected chi connectivity index (χ1v) is 6.40. The third-order valence-electron chi connectivity index (χ3n) is 3.18. The Bertz CT molecular complexity index is 850. The predicted molar refractivity (Wildman–Crippen MR) is 71.7 cm³/mol. The van der Waals surface area contributed by atoms with E-state index in [0.717, 1.165) is 15.6 Å². The first-order chi connectivity index (χ1) is 9.88. The summed E-state index contributed by atoms with van der Waals surface area (Å²) in [6.07, 6.45) is -1.76. The minimum atomic E-state index is -3.06. The molecule has 2 aromatic heterocycles. The topological polar surface area (TPSA) is 89.8 Å². The molecule has 0 unspecified atom stereocenters. The van der Waals surface area contributed by atoms with E-state index >= 15 is 0 Å². The van der Waals surface area contributed by atoms with Gasteiger partial charge in [-0.25, -0.2) is 18.4 Å². The van der Waals surface area contributed by atoms with Crippen LogP contribution in [0.1, 0.15) is 31.9 Å². The van der Waals surface area contributed by atoms with Crippen LogP contribution in [-0.4, -0.2) is 19.1 Å². The van der Waals surface area contributed by atoms with Gasteiger partial charge >= 0.3 is 11.4 Å². The van der Waals surface area contributed by atoms with Gasteiger partial charge in [-0.1, -0.05) is 13.3 Å². The summed E-state index contributed by atoms with van der Waals surface area (Å²) in [4.78, 5) is 40.8. The largest absolute Gasteiger partial charge is 0.346 e. The fourth-order valence-corrected chi connectivity index (χ4v) is 2.12. The monoisotopic (exact) mass is 300 g/mol. The van der Waals surface area contributed by atoms with Crippen LogP contribution in [-0.2, 0) is 13.6 Å². The molecule has 0 bridgehead atoms. The number of hydrogen-bond donors (Lipinski definition) is 1. The van der Waals surface area contributed by atoms with E-state index in [2.05, 4.69) is 9.97 Å². The normalized spacial score (nSPS) is 11.5. The van der Waals surface area contributed by atoms with Crippen LogP contribution >= 0.6 is 0 Å². The molecule has 21 heavy (non-hydrogen) atoms. The van der Waals surface area contributed by atoms with E-state index in [0.29, 0.717) is 6.42 Å². The van der Waals surface area contributed by atoms with Gasteiger partial charge in [0.15, 0.2) is 0 Å². The molecule has 0 aliphatic carbocycles. The van der Waals surface area contributed by atoms with E-state index in [4.69, 9.17) is 0 Å². The summed E-state index contributed by atoms with van der Waals surface area (Å²) in [6, 6.07) is 0. The van der Waals surface area contributed by atoms with Crippen molar-refractivity contribution in [3.8, 4) is 0 Å². The molecule has 0 atom stereocenters. The summed E-state index contributed by atoms with van der Waals surface area (Å²) < 4.78 is 28.0. The average Bonchev–Trinajstić information content (AvgIpc) is 2.44. The molecule has 0 saturated heterocycles.